The first-order valence-electron chi connectivity index (χ1n) is 11.5. The lowest BCUT2D eigenvalue weighted by Crippen LogP contribution is -2.40. The summed E-state index contributed by atoms with van der Waals surface area (Å²) in [5.74, 6) is 1.15. The Bertz CT molecular complexity index is 1250. The Morgan fingerprint density at radius 2 is 1.64 bits per heavy atom. The van der Waals surface area contributed by atoms with Gasteiger partial charge >= 0.3 is 0 Å². The van der Waals surface area contributed by atoms with Crippen LogP contribution in [0.2, 0.25) is 5.02 Å². The summed E-state index contributed by atoms with van der Waals surface area (Å²) in [5.41, 5.74) is 1.70. The Morgan fingerprint density at radius 3 is 2.31 bits per heavy atom. The number of rotatable bonds is 10. The first-order chi connectivity index (χ1) is 17.4. The van der Waals surface area contributed by atoms with Crippen LogP contribution in [-0.4, -0.2) is 58.1 Å². The van der Waals surface area contributed by atoms with Gasteiger partial charge in [0.25, 0.3) is 5.91 Å². The Kier molecular flexibility index (Phi) is 9.28. The van der Waals surface area contributed by atoms with E-state index in [0.717, 1.165) is 16.2 Å². The predicted molar refractivity (Wildman–Crippen MR) is 141 cm³/mol. The van der Waals surface area contributed by atoms with Gasteiger partial charge in [0, 0.05) is 34.3 Å². The van der Waals surface area contributed by atoms with Crippen LogP contribution in [0.25, 0.3) is 0 Å². The molecule has 0 aliphatic carbocycles. The molecule has 0 spiro atoms. The molecule has 7 nitrogen and oxygen atoms in total. The highest BCUT2D eigenvalue weighted by Crippen LogP contribution is 2.24. The first kappa shape index (κ1) is 26.5. The number of carbonyl (C=O) groups excluding carboxylic acids is 1. The van der Waals surface area contributed by atoms with Crippen LogP contribution in [0.15, 0.2) is 82.6 Å². The molecule has 1 aliphatic heterocycles. The number of nitrogens with one attached hydrogen (secondary N) is 1. The molecule has 0 saturated carbocycles. The maximum atomic E-state index is 12.7. The standard InChI is InChI=1S/C26H27ClN2O5S2/c27-22-5-9-24(10-6-22)35-19-20-1-3-21(4-2-20)26(30)28-13-16-34-23-7-11-25(12-8-23)36(31,32)29-14-17-33-18-15-29/h1-12H,13-19H2,(H,28,30). The third-order valence-corrected chi connectivity index (χ3v) is 8.77. The van der Waals surface area contributed by atoms with Crippen LogP contribution in [0, 0.1) is 0 Å². The molecule has 1 N–H and O–H groups in total. The van der Waals surface area contributed by atoms with Gasteiger partial charge in [-0.1, -0.05) is 23.7 Å². The van der Waals surface area contributed by atoms with E-state index in [1.807, 2.05) is 48.5 Å². The van der Waals surface area contributed by atoms with E-state index in [0.29, 0.717) is 49.2 Å². The summed E-state index contributed by atoms with van der Waals surface area (Å²) in [6.45, 7) is 2.09. The fourth-order valence-electron chi connectivity index (χ4n) is 3.53. The van der Waals surface area contributed by atoms with E-state index < -0.39 is 10.0 Å². The number of carbonyl (C=O) groups is 1. The molecule has 1 heterocycles. The fraction of sp³-hybridized carbons (Fsp3) is 0.269. The van der Waals surface area contributed by atoms with Crippen LogP contribution in [0.5, 0.6) is 5.75 Å². The molecule has 1 aliphatic rings. The summed E-state index contributed by atoms with van der Waals surface area (Å²) in [4.78, 5) is 13.8. The predicted octanol–water partition coefficient (Wildman–Crippen LogP) is 4.46. The summed E-state index contributed by atoms with van der Waals surface area (Å²) in [6.07, 6.45) is 0. The van der Waals surface area contributed by atoms with E-state index in [9.17, 15) is 13.2 Å². The van der Waals surface area contributed by atoms with Crippen molar-refractivity contribution in [2.45, 2.75) is 15.5 Å². The van der Waals surface area contributed by atoms with Crippen LogP contribution in [0.1, 0.15) is 15.9 Å². The average Bonchev–Trinajstić information content (AvgIpc) is 2.92. The minimum Gasteiger partial charge on any atom is -0.492 e. The molecule has 0 aromatic heterocycles. The van der Waals surface area contributed by atoms with E-state index in [4.69, 9.17) is 21.1 Å². The molecule has 36 heavy (non-hydrogen) atoms. The van der Waals surface area contributed by atoms with Crippen LogP contribution >= 0.6 is 23.4 Å². The molecule has 0 bridgehead atoms. The van der Waals surface area contributed by atoms with Gasteiger partial charge in [-0.2, -0.15) is 4.31 Å². The summed E-state index contributed by atoms with van der Waals surface area (Å²) in [7, 11) is -3.53. The Hall–Kier alpha value is -2.56. The van der Waals surface area contributed by atoms with Gasteiger partial charge in [0.15, 0.2) is 0 Å². The molecule has 1 fully saturated rings. The van der Waals surface area contributed by atoms with E-state index in [-0.39, 0.29) is 17.4 Å². The highest BCUT2D eigenvalue weighted by atomic mass is 35.5. The lowest BCUT2D eigenvalue weighted by Gasteiger charge is -2.26. The van der Waals surface area contributed by atoms with Crippen molar-refractivity contribution in [3.63, 3.8) is 0 Å². The largest absolute Gasteiger partial charge is 0.492 e. The molecule has 10 heteroatoms. The molecule has 0 radical (unpaired) electrons. The van der Waals surface area contributed by atoms with Gasteiger partial charge in [-0.15, -0.1) is 11.8 Å². The van der Waals surface area contributed by atoms with Gasteiger partial charge in [-0.25, -0.2) is 8.42 Å². The lowest BCUT2D eigenvalue weighted by molar-refractivity contribution is 0.0730. The maximum absolute atomic E-state index is 12.7. The van der Waals surface area contributed by atoms with Crippen molar-refractivity contribution in [1.29, 1.82) is 0 Å². The average molecular weight is 547 g/mol. The zero-order chi connectivity index (χ0) is 25.4. The van der Waals surface area contributed by atoms with E-state index in [2.05, 4.69) is 5.32 Å². The number of halogens is 1. The van der Waals surface area contributed by atoms with Gasteiger partial charge in [-0.05, 0) is 66.2 Å². The van der Waals surface area contributed by atoms with Crippen LogP contribution in [0.3, 0.4) is 0 Å². The van der Waals surface area contributed by atoms with E-state index in [1.54, 1.807) is 23.9 Å². The third kappa shape index (κ3) is 7.24. The molecule has 1 saturated heterocycles. The van der Waals surface area contributed by atoms with Crippen molar-refractivity contribution < 1.29 is 22.7 Å². The van der Waals surface area contributed by atoms with Gasteiger partial charge in [0.2, 0.25) is 10.0 Å². The number of amides is 1. The molecular formula is C26H27ClN2O5S2. The lowest BCUT2D eigenvalue weighted by atomic mass is 10.1. The number of thioether (sulfide) groups is 1. The third-order valence-electron chi connectivity index (χ3n) is 5.52. The SMILES string of the molecule is O=C(NCCOc1ccc(S(=O)(=O)N2CCOCC2)cc1)c1ccc(CSc2ccc(Cl)cc2)cc1. The Labute approximate surface area is 220 Å². The minimum absolute atomic E-state index is 0.178. The molecule has 3 aromatic carbocycles. The molecular weight excluding hydrogens is 520 g/mol. The second-order valence-electron chi connectivity index (χ2n) is 8.03. The highest BCUT2D eigenvalue weighted by molar-refractivity contribution is 7.98. The van der Waals surface area contributed by atoms with Crippen molar-refractivity contribution in [3.8, 4) is 5.75 Å². The van der Waals surface area contributed by atoms with Crippen molar-refractivity contribution in [3.05, 3.63) is 88.9 Å². The van der Waals surface area contributed by atoms with Gasteiger partial charge < -0.3 is 14.8 Å². The highest BCUT2D eigenvalue weighted by Gasteiger charge is 2.26. The number of hydrogen-bond donors (Lipinski definition) is 1. The minimum atomic E-state index is -3.53. The van der Waals surface area contributed by atoms with Gasteiger partial charge in [-0.3, -0.25) is 4.79 Å². The van der Waals surface area contributed by atoms with E-state index >= 15 is 0 Å². The number of hydrogen-bond acceptors (Lipinski definition) is 6. The smallest absolute Gasteiger partial charge is 0.251 e. The summed E-state index contributed by atoms with van der Waals surface area (Å²) in [5, 5.41) is 3.55. The number of sulfonamides is 1. The monoisotopic (exact) mass is 546 g/mol. The van der Waals surface area contributed by atoms with Crippen molar-refractivity contribution in [2.75, 3.05) is 39.5 Å². The second-order valence-corrected chi connectivity index (χ2v) is 11.5. The van der Waals surface area contributed by atoms with E-state index in [1.165, 1.54) is 16.4 Å². The molecule has 4 rings (SSSR count). The first-order valence-corrected chi connectivity index (χ1v) is 14.3. The second kappa shape index (κ2) is 12.6. The number of nitrogens with zero attached hydrogens (tertiary/aromatic N) is 1. The topological polar surface area (TPSA) is 84.9 Å². The van der Waals surface area contributed by atoms with Crippen molar-refractivity contribution in [2.24, 2.45) is 0 Å². The Morgan fingerprint density at radius 1 is 0.972 bits per heavy atom. The Balaban J connectivity index is 1.19. The quantitative estimate of drug-likeness (QED) is 0.298. The normalized spacial score (nSPS) is 14.4. The van der Waals surface area contributed by atoms with Crippen LogP contribution < -0.4 is 10.1 Å². The number of ether oxygens (including phenoxy) is 2. The van der Waals surface area contributed by atoms with Crippen LogP contribution in [-0.2, 0) is 20.5 Å². The van der Waals surface area contributed by atoms with Gasteiger partial charge in [0.1, 0.15) is 12.4 Å². The fourth-order valence-corrected chi connectivity index (χ4v) is 5.92. The van der Waals surface area contributed by atoms with Crippen LogP contribution in [0.4, 0.5) is 0 Å². The number of benzene rings is 3. The van der Waals surface area contributed by atoms with Crippen molar-refractivity contribution in [1.82, 2.24) is 9.62 Å². The molecule has 0 atom stereocenters. The van der Waals surface area contributed by atoms with Crippen molar-refractivity contribution >= 4 is 39.3 Å². The zero-order valence-corrected chi connectivity index (χ0v) is 21.9. The zero-order valence-electron chi connectivity index (χ0n) is 19.6. The molecule has 190 valence electrons. The molecule has 1 amide bonds. The number of morpholine rings is 1. The molecule has 3 aromatic rings. The van der Waals surface area contributed by atoms with Gasteiger partial charge in [0.05, 0.1) is 24.7 Å². The molecule has 0 unspecified atom stereocenters. The maximum Gasteiger partial charge on any atom is 0.251 e. The summed E-state index contributed by atoms with van der Waals surface area (Å²) in [6, 6.07) is 21.5. The summed E-state index contributed by atoms with van der Waals surface area (Å²) >= 11 is 7.62. The summed E-state index contributed by atoms with van der Waals surface area (Å²) < 4.78 is 37.7.